The first-order valence-corrected chi connectivity index (χ1v) is 9.46. The van der Waals surface area contributed by atoms with Gasteiger partial charge in [0.1, 0.15) is 11.4 Å². The van der Waals surface area contributed by atoms with Crippen LogP contribution in [0.1, 0.15) is 24.8 Å². The van der Waals surface area contributed by atoms with E-state index >= 15 is 0 Å². The van der Waals surface area contributed by atoms with Gasteiger partial charge < -0.3 is 4.74 Å². The van der Waals surface area contributed by atoms with Gasteiger partial charge in [-0.05, 0) is 56.0 Å². The van der Waals surface area contributed by atoms with Crippen LogP contribution in [0.5, 0.6) is 5.75 Å². The van der Waals surface area contributed by atoms with Gasteiger partial charge in [-0.3, -0.25) is 14.6 Å². The van der Waals surface area contributed by atoms with E-state index in [9.17, 15) is 4.79 Å². The Balaban J connectivity index is 1.75. The molecule has 6 heteroatoms. The Kier molecular flexibility index (Phi) is 5.58. The molecule has 0 bridgehead atoms. The van der Waals surface area contributed by atoms with Crippen molar-refractivity contribution in [3.63, 3.8) is 0 Å². The smallest absolute Gasteiger partial charge is 0.279 e. The van der Waals surface area contributed by atoms with Crippen LogP contribution < -0.4 is 4.74 Å². The van der Waals surface area contributed by atoms with Crippen LogP contribution in [-0.2, 0) is 4.79 Å². The van der Waals surface area contributed by atoms with E-state index in [1.54, 1.807) is 12.0 Å². The van der Waals surface area contributed by atoms with Crippen molar-refractivity contribution in [2.75, 3.05) is 33.1 Å². The average molecular weight is 345 g/mol. The first-order valence-electron chi connectivity index (χ1n) is 8.24. The fourth-order valence-corrected chi connectivity index (χ4v) is 3.52. The number of amidine groups is 1. The van der Waals surface area contributed by atoms with E-state index in [0.717, 1.165) is 29.6 Å². The normalized spacial score (nSPS) is 20.6. The molecule has 0 saturated carbocycles. The highest BCUT2D eigenvalue weighted by molar-refractivity contribution is 8.13. The molecule has 0 N–H and O–H groups in total. The number of methoxy groups -OCH3 is 1. The topological polar surface area (TPSA) is 45.1 Å². The van der Waals surface area contributed by atoms with Crippen LogP contribution in [-0.4, -0.2) is 54.0 Å². The summed E-state index contributed by atoms with van der Waals surface area (Å²) in [5, 5.41) is 0.783. The van der Waals surface area contributed by atoms with Gasteiger partial charge in [-0.2, -0.15) is 0 Å². The van der Waals surface area contributed by atoms with Crippen LogP contribution in [0.3, 0.4) is 0 Å². The maximum absolute atomic E-state index is 12.8. The molecule has 2 heterocycles. The molecule has 2 aliphatic heterocycles. The van der Waals surface area contributed by atoms with E-state index in [4.69, 9.17) is 4.74 Å². The Morgan fingerprint density at radius 2 is 1.92 bits per heavy atom. The number of hydrogen-bond acceptors (Lipinski definition) is 5. The molecule has 2 aliphatic rings. The van der Waals surface area contributed by atoms with Gasteiger partial charge in [0.2, 0.25) is 0 Å². The summed E-state index contributed by atoms with van der Waals surface area (Å²) in [6.45, 7) is 2.75. The highest BCUT2D eigenvalue weighted by Gasteiger charge is 2.31. The number of piperidine rings is 1. The minimum Gasteiger partial charge on any atom is -0.497 e. The minimum absolute atomic E-state index is 0.0132. The molecule has 1 aromatic rings. The summed E-state index contributed by atoms with van der Waals surface area (Å²) in [6.07, 6.45) is 7.51. The maximum atomic E-state index is 12.8. The lowest BCUT2D eigenvalue weighted by Crippen LogP contribution is -2.43. The number of thioether (sulfide) groups is 1. The van der Waals surface area contributed by atoms with Gasteiger partial charge in [0.05, 0.1) is 13.8 Å². The lowest BCUT2D eigenvalue weighted by Gasteiger charge is -2.30. The Morgan fingerprint density at radius 1 is 1.21 bits per heavy atom. The van der Waals surface area contributed by atoms with Gasteiger partial charge in [-0.15, -0.1) is 0 Å². The molecule has 0 atom stereocenters. The Labute approximate surface area is 147 Å². The van der Waals surface area contributed by atoms with Gasteiger partial charge in [0.15, 0.2) is 5.17 Å². The molecule has 128 valence electrons. The number of benzene rings is 1. The second-order valence-corrected chi connectivity index (χ2v) is 6.73. The Morgan fingerprint density at radius 3 is 2.54 bits per heavy atom. The van der Waals surface area contributed by atoms with Gasteiger partial charge in [-0.1, -0.05) is 30.3 Å². The van der Waals surface area contributed by atoms with Crippen LogP contribution >= 0.6 is 11.8 Å². The number of ether oxygens (including phenoxy) is 1. The Bertz CT molecular complexity index is 649. The van der Waals surface area contributed by atoms with Crippen molar-refractivity contribution >= 4 is 28.9 Å². The molecule has 0 radical (unpaired) electrons. The lowest BCUT2D eigenvalue weighted by atomic mass is 10.1. The number of amides is 1. The summed E-state index contributed by atoms with van der Waals surface area (Å²) in [5.74, 6) is 0.788. The summed E-state index contributed by atoms with van der Waals surface area (Å²) in [5.41, 5.74) is 1.45. The van der Waals surface area contributed by atoms with Crippen molar-refractivity contribution < 1.29 is 9.53 Å². The second kappa shape index (κ2) is 7.85. The monoisotopic (exact) mass is 345 g/mol. The fourth-order valence-electron chi connectivity index (χ4n) is 2.97. The molecule has 1 fully saturated rings. The van der Waals surface area contributed by atoms with Gasteiger partial charge in [-0.25, -0.2) is 4.99 Å². The van der Waals surface area contributed by atoms with Crippen molar-refractivity contribution in [2.45, 2.75) is 19.3 Å². The molecule has 0 aliphatic carbocycles. The van der Waals surface area contributed by atoms with Crippen molar-refractivity contribution in [1.82, 2.24) is 9.80 Å². The fraction of sp³-hybridized carbons (Fsp3) is 0.444. The third-order valence-corrected chi connectivity index (χ3v) is 4.98. The number of likely N-dealkylation sites (tertiary alicyclic amines) is 1. The molecule has 3 rings (SSSR count). The van der Waals surface area contributed by atoms with E-state index in [2.05, 4.69) is 9.89 Å². The first kappa shape index (κ1) is 17.0. The quantitative estimate of drug-likeness (QED) is 0.787. The lowest BCUT2D eigenvalue weighted by molar-refractivity contribution is -0.124. The van der Waals surface area contributed by atoms with E-state index < -0.39 is 0 Å². The van der Waals surface area contributed by atoms with Crippen LogP contribution in [0, 0.1) is 0 Å². The molecule has 24 heavy (non-hydrogen) atoms. The van der Waals surface area contributed by atoms with E-state index in [0.29, 0.717) is 12.4 Å². The van der Waals surface area contributed by atoms with E-state index in [1.165, 1.54) is 31.0 Å². The SMILES string of the molecule is COc1ccc(C=C2N=C(SC)N(CN3CCCCC3)C2=O)cc1. The summed E-state index contributed by atoms with van der Waals surface area (Å²) >= 11 is 1.52. The van der Waals surface area contributed by atoms with Crippen LogP contribution in [0.25, 0.3) is 6.08 Å². The third kappa shape index (κ3) is 3.82. The van der Waals surface area contributed by atoms with Crippen molar-refractivity contribution in [1.29, 1.82) is 0 Å². The largest absolute Gasteiger partial charge is 0.497 e. The molecule has 1 aromatic carbocycles. The average Bonchev–Trinajstić information content (AvgIpc) is 2.92. The van der Waals surface area contributed by atoms with Crippen LogP contribution in [0.15, 0.2) is 35.0 Å². The molecular formula is C18H23N3O2S. The second-order valence-electron chi connectivity index (χ2n) is 5.95. The Hall–Kier alpha value is -1.79. The number of aliphatic imine (C=N–C) groups is 1. The van der Waals surface area contributed by atoms with Crippen LogP contribution in [0.4, 0.5) is 0 Å². The maximum Gasteiger partial charge on any atom is 0.279 e. The zero-order valence-electron chi connectivity index (χ0n) is 14.2. The molecule has 1 amide bonds. The molecule has 0 unspecified atom stereocenters. The predicted octanol–water partition coefficient (Wildman–Crippen LogP) is 3.04. The number of hydrogen-bond donors (Lipinski definition) is 0. The van der Waals surface area contributed by atoms with Crippen LogP contribution in [0.2, 0.25) is 0 Å². The zero-order chi connectivity index (χ0) is 16.9. The van der Waals surface area contributed by atoms with Crippen molar-refractivity contribution in [3.8, 4) is 5.75 Å². The number of carbonyl (C=O) groups is 1. The van der Waals surface area contributed by atoms with Crippen molar-refractivity contribution in [2.24, 2.45) is 4.99 Å². The number of rotatable bonds is 4. The summed E-state index contributed by atoms with van der Waals surface area (Å²) < 4.78 is 5.16. The molecule has 0 aromatic heterocycles. The first-order chi connectivity index (χ1) is 11.7. The van der Waals surface area contributed by atoms with Gasteiger partial charge in [0.25, 0.3) is 5.91 Å². The molecular weight excluding hydrogens is 322 g/mol. The molecule has 5 nitrogen and oxygen atoms in total. The molecule has 1 saturated heterocycles. The summed E-state index contributed by atoms with van der Waals surface area (Å²) in [6, 6.07) is 7.63. The highest BCUT2D eigenvalue weighted by atomic mass is 32.2. The minimum atomic E-state index is -0.0132. The van der Waals surface area contributed by atoms with E-state index in [1.807, 2.05) is 36.6 Å². The highest BCUT2D eigenvalue weighted by Crippen LogP contribution is 2.24. The third-order valence-electron chi connectivity index (χ3n) is 4.30. The summed E-state index contributed by atoms with van der Waals surface area (Å²) in [7, 11) is 1.64. The predicted molar refractivity (Wildman–Crippen MR) is 99.1 cm³/mol. The van der Waals surface area contributed by atoms with Gasteiger partial charge >= 0.3 is 0 Å². The van der Waals surface area contributed by atoms with Gasteiger partial charge in [0, 0.05) is 0 Å². The summed E-state index contributed by atoms with van der Waals surface area (Å²) in [4.78, 5) is 21.4. The zero-order valence-corrected chi connectivity index (χ0v) is 15.0. The standard InChI is InChI=1S/C18H23N3O2S/c1-23-15-8-6-14(7-9-15)12-16-17(22)21(18(19-16)24-2)13-20-10-4-3-5-11-20/h6-9,12H,3-5,10-11,13H2,1-2H3. The number of carbonyl (C=O) groups excluding carboxylic acids is 1. The molecule has 0 spiro atoms. The number of nitrogens with zero attached hydrogens (tertiary/aromatic N) is 3. The van der Waals surface area contributed by atoms with E-state index in [-0.39, 0.29) is 5.91 Å². The van der Waals surface area contributed by atoms with Crippen molar-refractivity contribution in [3.05, 3.63) is 35.5 Å².